The summed E-state index contributed by atoms with van der Waals surface area (Å²) in [6.45, 7) is 5.19. The molecule has 0 radical (unpaired) electrons. The lowest BCUT2D eigenvalue weighted by Gasteiger charge is -2.17. The van der Waals surface area contributed by atoms with E-state index < -0.39 is 5.60 Å². The first-order valence-corrected chi connectivity index (χ1v) is 7.67. The van der Waals surface area contributed by atoms with Crippen molar-refractivity contribution < 1.29 is 5.11 Å². The van der Waals surface area contributed by atoms with Crippen LogP contribution in [0.4, 0.5) is 5.13 Å². The summed E-state index contributed by atoms with van der Waals surface area (Å²) in [7, 11) is 0. The first-order valence-electron chi connectivity index (χ1n) is 6.86. The molecular formula is C13H18N4O2S. The summed E-state index contributed by atoms with van der Waals surface area (Å²) in [4.78, 5) is 19.2. The van der Waals surface area contributed by atoms with Crippen molar-refractivity contribution in [3.05, 3.63) is 22.1 Å². The minimum Gasteiger partial charge on any atom is -0.388 e. The molecule has 0 aromatic carbocycles. The van der Waals surface area contributed by atoms with Crippen molar-refractivity contribution in [3.8, 4) is 0 Å². The van der Waals surface area contributed by atoms with E-state index in [1.807, 2.05) is 11.8 Å². The second-order valence-electron chi connectivity index (χ2n) is 5.58. The van der Waals surface area contributed by atoms with Gasteiger partial charge in [-0.25, -0.2) is 4.98 Å². The van der Waals surface area contributed by atoms with E-state index in [2.05, 4.69) is 17.0 Å². The summed E-state index contributed by atoms with van der Waals surface area (Å²) < 4.78 is 1.35. The summed E-state index contributed by atoms with van der Waals surface area (Å²) in [6, 6.07) is 1.56. The smallest absolute Gasteiger partial charge is 0.275 e. The van der Waals surface area contributed by atoms with Crippen LogP contribution >= 0.6 is 11.3 Å². The van der Waals surface area contributed by atoms with Crippen LogP contribution < -0.4 is 10.5 Å². The lowest BCUT2D eigenvalue weighted by Crippen LogP contribution is -2.29. The van der Waals surface area contributed by atoms with Crippen LogP contribution in [0.15, 0.2) is 10.9 Å². The Labute approximate surface area is 120 Å². The maximum atomic E-state index is 12.0. The fraction of sp³-hybridized carbons (Fsp3) is 0.615. The normalized spacial score (nSPS) is 22.9. The predicted molar refractivity (Wildman–Crippen MR) is 78.6 cm³/mol. The van der Waals surface area contributed by atoms with Gasteiger partial charge >= 0.3 is 0 Å². The molecule has 7 heteroatoms. The van der Waals surface area contributed by atoms with E-state index in [1.165, 1.54) is 15.9 Å². The first kappa shape index (κ1) is 13.5. The molecular weight excluding hydrogens is 276 g/mol. The molecule has 3 heterocycles. The Morgan fingerprint density at radius 3 is 3.00 bits per heavy atom. The molecule has 2 aromatic heterocycles. The molecule has 1 fully saturated rings. The van der Waals surface area contributed by atoms with Gasteiger partial charge in [-0.3, -0.25) is 4.79 Å². The quantitative estimate of drug-likeness (QED) is 0.916. The zero-order chi connectivity index (χ0) is 14.3. The number of nitrogens with zero attached hydrogens (tertiary/aromatic N) is 4. The van der Waals surface area contributed by atoms with Gasteiger partial charge in [0.15, 0.2) is 0 Å². The minimum absolute atomic E-state index is 0.132. The molecule has 0 saturated carbocycles. The number of rotatable bonds is 3. The monoisotopic (exact) mass is 294 g/mol. The van der Waals surface area contributed by atoms with Crippen LogP contribution in [-0.4, -0.2) is 38.4 Å². The molecule has 0 bridgehead atoms. The first-order chi connectivity index (χ1) is 9.48. The molecule has 1 unspecified atom stereocenters. The third-order valence-corrected chi connectivity index (χ3v) is 4.49. The lowest BCUT2D eigenvalue weighted by atomic mass is 10.1. The average Bonchev–Trinajstić information content (AvgIpc) is 2.93. The average molecular weight is 294 g/mol. The van der Waals surface area contributed by atoms with Crippen molar-refractivity contribution in [1.29, 1.82) is 0 Å². The molecule has 6 nitrogen and oxygen atoms in total. The van der Waals surface area contributed by atoms with Gasteiger partial charge in [-0.2, -0.15) is 4.52 Å². The number of aromatic nitrogens is 3. The second-order valence-corrected chi connectivity index (χ2v) is 6.52. The van der Waals surface area contributed by atoms with Gasteiger partial charge in [0.05, 0.1) is 5.60 Å². The zero-order valence-electron chi connectivity index (χ0n) is 11.7. The number of fused-ring (bicyclic) bond motifs is 1. The molecule has 0 amide bonds. The summed E-state index contributed by atoms with van der Waals surface area (Å²) in [5.74, 6) is 0. The van der Waals surface area contributed by atoms with E-state index in [0.29, 0.717) is 17.9 Å². The van der Waals surface area contributed by atoms with Crippen LogP contribution in [0, 0.1) is 0 Å². The molecule has 108 valence electrons. The van der Waals surface area contributed by atoms with Crippen LogP contribution in [0.3, 0.4) is 0 Å². The molecule has 1 aliphatic heterocycles. The van der Waals surface area contributed by atoms with Gasteiger partial charge in [0.2, 0.25) is 10.1 Å². The molecule has 20 heavy (non-hydrogen) atoms. The molecule has 0 aliphatic carbocycles. The Morgan fingerprint density at radius 2 is 2.35 bits per heavy atom. The summed E-state index contributed by atoms with van der Waals surface area (Å²) >= 11 is 1.41. The van der Waals surface area contributed by atoms with Crippen LogP contribution in [0.2, 0.25) is 0 Å². The van der Waals surface area contributed by atoms with E-state index in [-0.39, 0.29) is 5.56 Å². The highest BCUT2D eigenvalue weighted by molar-refractivity contribution is 7.20. The van der Waals surface area contributed by atoms with Gasteiger partial charge in [-0.15, -0.1) is 5.10 Å². The third kappa shape index (κ3) is 2.43. The predicted octanol–water partition coefficient (Wildman–Crippen LogP) is 1.06. The second kappa shape index (κ2) is 4.82. The van der Waals surface area contributed by atoms with Crippen molar-refractivity contribution in [2.75, 3.05) is 18.0 Å². The molecule has 1 atom stereocenters. The number of β-amino-alcohol motifs (C(OH)–C–C–N with tert-alkyl or cyclic N) is 1. The van der Waals surface area contributed by atoms with Crippen LogP contribution in [0.5, 0.6) is 0 Å². The summed E-state index contributed by atoms with van der Waals surface area (Å²) in [5.41, 5.74) is 0.0110. The fourth-order valence-electron chi connectivity index (χ4n) is 2.47. The highest BCUT2D eigenvalue weighted by Crippen LogP contribution is 2.29. The standard InChI is InChI=1S/C13H18N4O2S/c1-3-4-9-7-10(18)17-11(14-9)20-12(15-17)16-6-5-13(2,19)8-16/h7,19H,3-6,8H2,1-2H3. The van der Waals surface area contributed by atoms with E-state index >= 15 is 0 Å². The molecule has 0 spiro atoms. The number of hydrogen-bond donors (Lipinski definition) is 1. The van der Waals surface area contributed by atoms with Crippen molar-refractivity contribution >= 4 is 21.4 Å². The highest BCUT2D eigenvalue weighted by Gasteiger charge is 2.33. The van der Waals surface area contributed by atoms with Gasteiger partial charge in [-0.05, 0) is 19.8 Å². The summed E-state index contributed by atoms with van der Waals surface area (Å²) in [5, 5.41) is 15.1. The van der Waals surface area contributed by atoms with Gasteiger partial charge < -0.3 is 10.0 Å². The highest BCUT2D eigenvalue weighted by atomic mass is 32.1. The van der Waals surface area contributed by atoms with E-state index in [1.54, 1.807) is 6.07 Å². The fourth-order valence-corrected chi connectivity index (χ4v) is 3.42. The van der Waals surface area contributed by atoms with Crippen molar-refractivity contribution in [2.45, 2.75) is 38.7 Å². The number of aryl methyl sites for hydroxylation is 1. The Kier molecular flexibility index (Phi) is 3.25. The van der Waals surface area contributed by atoms with Crippen molar-refractivity contribution in [2.24, 2.45) is 0 Å². The minimum atomic E-state index is -0.677. The zero-order valence-corrected chi connectivity index (χ0v) is 12.5. The Balaban J connectivity index is 1.98. The summed E-state index contributed by atoms with van der Waals surface area (Å²) in [6.07, 6.45) is 2.48. The van der Waals surface area contributed by atoms with Crippen molar-refractivity contribution in [3.63, 3.8) is 0 Å². The van der Waals surface area contributed by atoms with Crippen LogP contribution in [0.1, 0.15) is 32.4 Å². The molecule has 3 rings (SSSR count). The van der Waals surface area contributed by atoms with Gasteiger partial charge in [0.1, 0.15) is 0 Å². The van der Waals surface area contributed by atoms with Crippen LogP contribution in [-0.2, 0) is 6.42 Å². The number of aliphatic hydroxyl groups is 1. The maximum absolute atomic E-state index is 12.0. The third-order valence-electron chi connectivity index (χ3n) is 3.52. The van der Waals surface area contributed by atoms with Gasteiger partial charge in [0.25, 0.3) is 5.56 Å². The molecule has 1 aliphatic rings. The lowest BCUT2D eigenvalue weighted by molar-refractivity contribution is 0.0839. The van der Waals surface area contributed by atoms with Crippen LogP contribution in [0.25, 0.3) is 4.96 Å². The van der Waals surface area contributed by atoms with Gasteiger partial charge in [-0.1, -0.05) is 24.7 Å². The van der Waals surface area contributed by atoms with Crippen molar-refractivity contribution in [1.82, 2.24) is 14.6 Å². The number of hydrogen-bond acceptors (Lipinski definition) is 6. The topological polar surface area (TPSA) is 70.7 Å². The van der Waals surface area contributed by atoms with E-state index in [0.717, 1.165) is 30.2 Å². The maximum Gasteiger partial charge on any atom is 0.275 e. The van der Waals surface area contributed by atoms with Gasteiger partial charge in [0, 0.05) is 24.8 Å². The Hall–Kier alpha value is -1.47. The van der Waals surface area contributed by atoms with E-state index in [9.17, 15) is 9.90 Å². The largest absolute Gasteiger partial charge is 0.388 e. The molecule has 1 saturated heterocycles. The number of anilines is 1. The Bertz CT molecular complexity index is 691. The molecule has 1 N–H and O–H groups in total. The van der Waals surface area contributed by atoms with E-state index in [4.69, 9.17) is 0 Å². The SMILES string of the molecule is CCCc1cc(=O)n2nc(N3CCC(C)(O)C3)sc2n1. The molecule has 2 aromatic rings. The Morgan fingerprint density at radius 1 is 1.55 bits per heavy atom.